The molecule has 0 aliphatic carbocycles. The molecule has 2 heterocycles. The van der Waals surface area contributed by atoms with Gasteiger partial charge in [-0.25, -0.2) is 0 Å². The van der Waals surface area contributed by atoms with Crippen molar-refractivity contribution >= 4 is 17.8 Å². The number of hydrogen-bond acceptors (Lipinski definition) is 5. The number of hydrogen-bond donors (Lipinski definition) is 0. The molecular formula is C17H13NO4. The fourth-order valence-corrected chi connectivity index (χ4v) is 2.25. The molecule has 110 valence electrons. The number of rotatable bonds is 2. The predicted octanol–water partition coefficient (Wildman–Crippen LogP) is 2.93. The van der Waals surface area contributed by atoms with Crippen LogP contribution in [0.4, 0.5) is 0 Å². The van der Waals surface area contributed by atoms with E-state index in [0.717, 1.165) is 5.56 Å². The van der Waals surface area contributed by atoms with E-state index in [9.17, 15) is 9.59 Å². The van der Waals surface area contributed by atoms with Crippen LogP contribution < -0.4 is 9.47 Å². The molecule has 3 rings (SSSR count). The third-order valence-corrected chi connectivity index (χ3v) is 3.27. The molecule has 0 saturated carbocycles. The van der Waals surface area contributed by atoms with E-state index in [1.165, 1.54) is 6.92 Å². The molecule has 0 amide bonds. The first-order chi connectivity index (χ1) is 10.6. The minimum absolute atomic E-state index is 0.198. The zero-order valence-electron chi connectivity index (χ0n) is 12.1. The number of benzene rings is 1. The monoisotopic (exact) mass is 295 g/mol. The zero-order valence-corrected chi connectivity index (χ0v) is 12.1. The number of fused-ring (bicyclic) bond motifs is 1. The molecule has 5 nitrogen and oxygen atoms in total. The van der Waals surface area contributed by atoms with Gasteiger partial charge in [-0.15, -0.1) is 0 Å². The fraction of sp³-hybridized carbons (Fsp3) is 0.118. The summed E-state index contributed by atoms with van der Waals surface area (Å²) in [5.41, 5.74) is 1.86. The van der Waals surface area contributed by atoms with E-state index in [0.29, 0.717) is 22.6 Å². The van der Waals surface area contributed by atoms with Crippen LogP contribution in [0.3, 0.4) is 0 Å². The number of carbonyl (C=O) groups is 2. The van der Waals surface area contributed by atoms with Crippen molar-refractivity contribution in [3.63, 3.8) is 0 Å². The number of Topliss-reactive ketones (excluding diaryl/α,β-unsaturated/α-hetero) is 1. The van der Waals surface area contributed by atoms with Crippen LogP contribution in [0.1, 0.15) is 28.4 Å². The third-order valence-electron chi connectivity index (χ3n) is 3.27. The molecule has 0 atom stereocenters. The van der Waals surface area contributed by atoms with E-state index < -0.39 is 5.97 Å². The van der Waals surface area contributed by atoms with Crippen molar-refractivity contribution in [2.75, 3.05) is 0 Å². The number of ether oxygens (including phenoxy) is 2. The number of aromatic nitrogens is 1. The van der Waals surface area contributed by atoms with E-state index in [4.69, 9.17) is 9.47 Å². The molecule has 1 aromatic heterocycles. The Morgan fingerprint density at radius 2 is 2.14 bits per heavy atom. The van der Waals surface area contributed by atoms with Crippen LogP contribution in [0.25, 0.3) is 6.08 Å². The lowest BCUT2D eigenvalue weighted by atomic mass is 10.1. The number of pyridine rings is 1. The van der Waals surface area contributed by atoms with Crippen molar-refractivity contribution in [2.24, 2.45) is 0 Å². The highest BCUT2D eigenvalue weighted by Crippen LogP contribution is 2.39. The third kappa shape index (κ3) is 2.48. The molecule has 1 aliphatic heterocycles. The molecule has 2 aromatic rings. The first-order valence-electron chi connectivity index (χ1n) is 6.72. The lowest BCUT2D eigenvalue weighted by Gasteiger charge is -2.08. The van der Waals surface area contributed by atoms with Gasteiger partial charge in [0.15, 0.2) is 5.76 Å². The molecule has 0 saturated heterocycles. The summed E-state index contributed by atoms with van der Waals surface area (Å²) in [7, 11) is 0. The maximum absolute atomic E-state index is 12.4. The van der Waals surface area contributed by atoms with Crippen molar-refractivity contribution in [1.29, 1.82) is 0 Å². The second kappa shape index (κ2) is 5.44. The second-order valence-electron chi connectivity index (χ2n) is 4.89. The van der Waals surface area contributed by atoms with Gasteiger partial charge in [-0.3, -0.25) is 14.6 Å². The van der Waals surface area contributed by atoms with Gasteiger partial charge in [0.2, 0.25) is 5.78 Å². The maximum atomic E-state index is 12.4. The van der Waals surface area contributed by atoms with Gasteiger partial charge in [0.05, 0.1) is 5.56 Å². The Hall–Kier alpha value is -2.95. The Labute approximate surface area is 127 Å². The SMILES string of the molecule is CC(=O)Oc1ccc2c(c1C)O/C(=C\c1cccnc1)C2=O. The maximum Gasteiger partial charge on any atom is 0.308 e. The Bertz CT molecular complexity index is 794. The normalized spacial score (nSPS) is 14.6. The number of carbonyl (C=O) groups excluding carboxylic acids is 2. The molecule has 0 unspecified atom stereocenters. The predicted molar refractivity (Wildman–Crippen MR) is 79.7 cm³/mol. The van der Waals surface area contributed by atoms with Gasteiger partial charge in [0, 0.05) is 24.9 Å². The summed E-state index contributed by atoms with van der Waals surface area (Å²) in [4.78, 5) is 27.4. The van der Waals surface area contributed by atoms with Crippen molar-refractivity contribution in [1.82, 2.24) is 4.98 Å². The first kappa shape index (κ1) is 14.0. The Kier molecular flexibility index (Phi) is 3.47. The van der Waals surface area contributed by atoms with Crippen molar-refractivity contribution < 1.29 is 19.1 Å². The summed E-state index contributed by atoms with van der Waals surface area (Å²) < 4.78 is 10.8. The smallest absolute Gasteiger partial charge is 0.308 e. The number of allylic oxidation sites excluding steroid dienone is 1. The molecule has 0 spiro atoms. The minimum atomic E-state index is -0.418. The topological polar surface area (TPSA) is 65.5 Å². The highest BCUT2D eigenvalue weighted by atomic mass is 16.5. The van der Waals surface area contributed by atoms with Gasteiger partial charge in [-0.1, -0.05) is 6.07 Å². The van der Waals surface area contributed by atoms with Crippen LogP contribution in [-0.4, -0.2) is 16.7 Å². The van der Waals surface area contributed by atoms with E-state index in [2.05, 4.69) is 4.98 Å². The van der Waals surface area contributed by atoms with Gasteiger partial charge in [0.25, 0.3) is 0 Å². The molecule has 0 radical (unpaired) electrons. The first-order valence-corrected chi connectivity index (χ1v) is 6.72. The summed E-state index contributed by atoms with van der Waals surface area (Å²) in [5, 5.41) is 0. The fourth-order valence-electron chi connectivity index (χ4n) is 2.25. The lowest BCUT2D eigenvalue weighted by molar-refractivity contribution is -0.131. The molecule has 1 aromatic carbocycles. The molecular weight excluding hydrogens is 282 g/mol. The molecule has 22 heavy (non-hydrogen) atoms. The average molecular weight is 295 g/mol. The largest absolute Gasteiger partial charge is 0.452 e. The van der Waals surface area contributed by atoms with E-state index >= 15 is 0 Å². The molecule has 0 N–H and O–H groups in total. The Morgan fingerprint density at radius 3 is 2.82 bits per heavy atom. The van der Waals surface area contributed by atoms with Crippen LogP contribution in [0.5, 0.6) is 11.5 Å². The highest BCUT2D eigenvalue weighted by Gasteiger charge is 2.30. The standard InChI is InChI=1S/C17H13NO4/c1-10-14(21-11(2)19)6-5-13-16(20)15(22-17(10)13)8-12-4-3-7-18-9-12/h3-9H,1-2H3/b15-8-. The van der Waals surface area contributed by atoms with Gasteiger partial charge < -0.3 is 9.47 Å². The van der Waals surface area contributed by atoms with Crippen LogP contribution in [0.15, 0.2) is 42.4 Å². The van der Waals surface area contributed by atoms with Gasteiger partial charge in [0.1, 0.15) is 11.5 Å². The van der Waals surface area contributed by atoms with Crippen LogP contribution >= 0.6 is 0 Å². The molecule has 5 heteroatoms. The average Bonchev–Trinajstić information content (AvgIpc) is 2.80. The van der Waals surface area contributed by atoms with Crippen LogP contribution in [0.2, 0.25) is 0 Å². The summed E-state index contributed by atoms with van der Waals surface area (Å²) in [6, 6.07) is 6.82. The van der Waals surface area contributed by atoms with E-state index in [-0.39, 0.29) is 11.5 Å². The van der Waals surface area contributed by atoms with E-state index in [1.54, 1.807) is 43.6 Å². The highest BCUT2D eigenvalue weighted by molar-refractivity contribution is 6.15. The zero-order chi connectivity index (χ0) is 15.7. The minimum Gasteiger partial charge on any atom is -0.452 e. The molecule has 0 bridgehead atoms. The van der Waals surface area contributed by atoms with Crippen molar-refractivity contribution in [3.05, 3.63) is 59.1 Å². The Morgan fingerprint density at radius 1 is 1.32 bits per heavy atom. The summed E-state index contributed by atoms with van der Waals surface area (Å²) in [6.07, 6.45) is 4.94. The van der Waals surface area contributed by atoms with Gasteiger partial charge in [-0.05, 0) is 36.8 Å². The number of esters is 1. The Balaban J connectivity index is 1.99. The quantitative estimate of drug-likeness (QED) is 0.484. The van der Waals surface area contributed by atoms with Crippen molar-refractivity contribution in [2.45, 2.75) is 13.8 Å². The number of ketones is 1. The summed E-state index contributed by atoms with van der Waals surface area (Å²) in [5.74, 6) is 0.432. The van der Waals surface area contributed by atoms with Gasteiger partial charge >= 0.3 is 5.97 Å². The molecule has 0 fully saturated rings. The summed E-state index contributed by atoms with van der Waals surface area (Å²) in [6.45, 7) is 3.07. The number of nitrogens with zero attached hydrogens (tertiary/aromatic N) is 1. The second-order valence-corrected chi connectivity index (χ2v) is 4.89. The van der Waals surface area contributed by atoms with Crippen molar-refractivity contribution in [3.8, 4) is 11.5 Å². The lowest BCUT2D eigenvalue weighted by Crippen LogP contribution is -2.03. The molecule has 1 aliphatic rings. The van der Waals surface area contributed by atoms with E-state index in [1.807, 2.05) is 6.07 Å². The van der Waals surface area contributed by atoms with Crippen LogP contribution in [0, 0.1) is 6.92 Å². The van der Waals surface area contributed by atoms with Gasteiger partial charge in [-0.2, -0.15) is 0 Å². The van der Waals surface area contributed by atoms with Crippen LogP contribution in [-0.2, 0) is 4.79 Å². The summed E-state index contributed by atoms with van der Waals surface area (Å²) >= 11 is 0.